The van der Waals surface area contributed by atoms with E-state index in [1.54, 1.807) is 25.3 Å². The van der Waals surface area contributed by atoms with E-state index in [1.165, 1.54) is 0 Å². The van der Waals surface area contributed by atoms with Gasteiger partial charge in [-0.3, -0.25) is 0 Å². The number of hydrogen-bond acceptors (Lipinski definition) is 2. The van der Waals surface area contributed by atoms with Crippen LogP contribution in [0.25, 0.3) is 0 Å². The third-order valence-electron chi connectivity index (χ3n) is 2.37. The summed E-state index contributed by atoms with van der Waals surface area (Å²) in [5.41, 5.74) is 0.592. The first-order chi connectivity index (χ1) is 8.56. The van der Waals surface area contributed by atoms with E-state index >= 15 is 0 Å². The van der Waals surface area contributed by atoms with E-state index in [1.807, 2.05) is 6.92 Å². The quantitative estimate of drug-likeness (QED) is 0.871. The number of ether oxygens (including phenoxy) is 1. The lowest BCUT2D eigenvalue weighted by molar-refractivity contribution is 0.165. The number of hydrogen-bond donors (Lipinski definition) is 2. The number of rotatable bonds is 5. The number of amides is 2. The standard InChI is InChI=1S/C12H16Cl2N2O2/c1-3-8(7-18-2)15-12(17)16-9-4-5-10(13)11(14)6-9/h4-6,8H,3,7H2,1-2H3,(H2,15,16,17)/t8-/m0/s1. The van der Waals surface area contributed by atoms with Crippen LogP contribution in [0.4, 0.5) is 10.5 Å². The summed E-state index contributed by atoms with van der Waals surface area (Å²) in [7, 11) is 1.60. The molecule has 0 radical (unpaired) electrons. The minimum absolute atomic E-state index is 0.0160. The molecule has 0 aromatic heterocycles. The maximum atomic E-state index is 11.7. The lowest BCUT2D eigenvalue weighted by Gasteiger charge is -2.16. The van der Waals surface area contributed by atoms with Gasteiger partial charge in [-0.15, -0.1) is 0 Å². The van der Waals surface area contributed by atoms with Crippen LogP contribution in [0.3, 0.4) is 0 Å². The number of carbonyl (C=O) groups excluding carboxylic acids is 1. The summed E-state index contributed by atoms with van der Waals surface area (Å²) >= 11 is 11.6. The molecule has 6 heteroatoms. The van der Waals surface area contributed by atoms with Crippen molar-refractivity contribution in [2.75, 3.05) is 19.0 Å². The second kappa shape index (κ2) is 7.46. The number of anilines is 1. The first kappa shape index (κ1) is 15.1. The van der Waals surface area contributed by atoms with Crippen LogP contribution >= 0.6 is 23.2 Å². The molecule has 0 saturated carbocycles. The van der Waals surface area contributed by atoms with Crippen LogP contribution in [0.15, 0.2) is 18.2 Å². The highest BCUT2D eigenvalue weighted by Crippen LogP contribution is 2.24. The highest BCUT2D eigenvalue weighted by molar-refractivity contribution is 6.42. The maximum absolute atomic E-state index is 11.7. The molecule has 100 valence electrons. The first-order valence-corrected chi connectivity index (χ1v) is 6.34. The van der Waals surface area contributed by atoms with E-state index in [9.17, 15) is 4.79 Å². The molecule has 1 aromatic rings. The number of urea groups is 1. The zero-order valence-electron chi connectivity index (χ0n) is 10.3. The van der Waals surface area contributed by atoms with Crippen LogP contribution in [-0.4, -0.2) is 25.8 Å². The fourth-order valence-corrected chi connectivity index (χ4v) is 1.69. The molecule has 0 aliphatic heterocycles. The second-order valence-corrected chi connectivity index (χ2v) is 4.60. The zero-order valence-corrected chi connectivity index (χ0v) is 11.8. The van der Waals surface area contributed by atoms with E-state index in [0.29, 0.717) is 22.3 Å². The van der Waals surface area contributed by atoms with Crippen LogP contribution in [0, 0.1) is 0 Å². The molecule has 0 aliphatic rings. The molecule has 18 heavy (non-hydrogen) atoms. The largest absolute Gasteiger partial charge is 0.383 e. The molecule has 0 aliphatic carbocycles. The van der Waals surface area contributed by atoms with Gasteiger partial charge in [-0.05, 0) is 24.6 Å². The van der Waals surface area contributed by atoms with Crippen LogP contribution in [-0.2, 0) is 4.74 Å². The van der Waals surface area contributed by atoms with E-state index in [4.69, 9.17) is 27.9 Å². The van der Waals surface area contributed by atoms with E-state index in [-0.39, 0.29) is 12.1 Å². The van der Waals surface area contributed by atoms with E-state index in [0.717, 1.165) is 6.42 Å². The van der Waals surface area contributed by atoms with Crippen molar-refractivity contribution in [2.24, 2.45) is 0 Å². The lowest BCUT2D eigenvalue weighted by Crippen LogP contribution is -2.40. The topological polar surface area (TPSA) is 50.4 Å². The molecule has 2 amide bonds. The normalized spacial score (nSPS) is 12.0. The molecule has 1 rings (SSSR count). The average molecular weight is 291 g/mol. The summed E-state index contributed by atoms with van der Waals surface area (Å²) in [6, 6.07) is 4.60. The summed E-state index contributed by atoms with van der Waals surface area (Å²) in [5.74, 6) is 0. The van der Waals surface area contributed by atoms with E-state index in [2.05, 4.69) is 10.6 Å². The number of benzene rings is 1. The van der Waals surface area contributed by atoms with Gasteiger partial charge in [-0.2, -0.15) is 0 Å². The van der Waals surface area contributed by atoms with Crippen LogP contribution < -0.4 is 10.6 Å². The third-order valence-corrected chi connectivity index (χ3v) is 3.11. The summed E-state index contributed by atoms with van der Waals surface area (Å²) < 4.78 is 5.00. The molecule has 1 atom stereocenters. The third kappa shape index (κ3) is 4.72. The second-order valence-electron chi connectivity index (χ2n) is 3.79. The van der Waals surface area contributed by atoms with Crippen molar-refractivity contribution in [3.05, 3.63) is 28.2 Å². The van der Waals surface area contributed by atoms with Gasteiger partial charge in [-0.25, -0.2) is 4.79 Å². The predicted molar refractivity (Wildman–Crippen MR) is 74.6 cm³/mol. The van der Waals surface area contributed by atoms with Gasteiger partial charge in [-0.1, -0.05) is 30.1 Å². The van der Waals surface area contributed by atoms with Gasteiger partial charge in [0.1, 0.15) is 0 Å². The zero-order chi connectivity index (χ0) is 13.5. The Bertz CT molecular complexity index is 413. The van der Waals surface area contributed by atoms with Crippen molar-refractivity contribution in [1.82, 2.24) is 5.32 Å². The maximum Gasteiger partial charge on any atom is 0.319 e. The Morgan fingerprint density at radius 2 is 2.11 bits per heavy atom. The molecule has 0 unspecified atom stereocenters. The van der Waals surface area contributed by atoms with Gasteiger partial charge in [0.15, 0.2) is 0 Å². The highest BCUT2D eigenvalue weighted by atomic mass is 35.5. The van der Waals surface area contributed by atoms with Gasteiger partial charge in [0.05, 0.1) is 22.7 Å². The molecule has 0 saturated heterocycles. The Hall–Kier alpha value is -0.970. The summed E-state index contributed by atoms with van der Waals surface area (Å²) in [6.45, 7) is 2.45. The number of nitrogens with one attached hydrogen (secondary N) is 2. The van der Waals surface area contributed by atoms with Crippen molar-refractivity contribution < 1.29 is 9.53 Å². The minimum atomic E-state index is -0.294. The molecule has 2 N–H and O–H groups in total. The van der Waals surface area contributed by atoms with Crippen LogP contribution in [0.1, 0.15) is 13.3 Å². The Balaban J connectivity index is 2.55. The van der Waals surface area contributed by atoms with Gasteiger partial charge >= 0.3 is 6.03 Å². The summed E-state index contributed by atoms with van der Waals surface area (Å²) in [5, 5.41) is 6.34. The first-order valence-electron chi connectivity index (χ1n) is 5.58. The Kier molecular flexibility index (Phi) is 6.25. The SMILES string of the molecule is CC[C@@H](COC)NC(=O)Nc1ccc(Cl)c(Cl)c1. The monoisotopic (exact) mass is 290 g/mol. The smallest absolute Gasteiger partial charge is 0.319 e. The van der Waals surface area contributed by atoms with Crippen molar-refractivity contribution >= 4 is 34.9 Å². The average Bonchev–Trinajstić information content (AvgIpc) is 2.33. The van der Waals surface area contributed by atoms with Crippen molar-refractivity contribution in [1.29, 1.82) is 0 Å². The van der Waals surface area contributed by atoms with Crippen molar-refractivity contribution in [2.45, 2.75) is 19.4 Å². The minimum Gasteiger partial charge on any atom is -0.383 e. The summed E-state index contributed by atoms with van der Waals surface area (Å²) in [6.07, 6.45) is 0.794. The van der Waals surface area contributed by atoms with Crippen molar-refractivity contribution in [3.8, 4) is 0 Å². The molecule has 4 nitrogen and oxygen atoms in total. The molecule has 0 fully saturated rings. The fraction of sp³-hybridized carbons (Fsp3) is 0.417. The highest BCUT2D eigenvalue weighted by Gasteiger charge is 2.10. The molecule has 0 spiro atoms. The number of methoxy groups -OCH3 is 1. The van der Waals surface area contributed by atoms with Gasteiger partial charge in [0.25, 0.3) is 0 Å². The molecular weight excluding hydrogens is 275 g/mol. The lowest BCUT2D eigenvalue weighted by atomic mass is 10.2. The Morgan fingerprint density at radius 1 is 1.39 bits per heavy atom. The number of carbonyl (C=O) groups is 1. The van der Waals surface area contributed by atoms with E-state index < -0.39 is 0 Å². The molecule has 1 aromatic carbocycles. The Morgan fingerprint density at radius 3 is 2.67 bits per heavy atom. The number of halogens is 2. The Labute approximate surface area is 117 Å². The summed E-state index contributed by atoms with van der Waals surface area (Å²) in [4.78, 5) is 11.7. The van der Waals surface area contributed by atoms with Crippen molar-refractivity contribution in [3.63, 3.8) is 0 Å². The molecule has 0 heterocycles. The fourth-order valence-electron chi connectivity index (χ4n) is 1.39. The van der Waals surface area contributed by atoms with Crippen LogP contribution in [0.2, 0.25) is 10.0 Å². The molecular formula is C12H16Cl2N2O2. The molecule has 0 bridgehead atoms. The predicted octanol–water partition coefficient (Wildman–Crippen LogP) is 3.54. The van der Waals surface area contributed by atoms with Crippen LogP contribution in [0.5, 0.6) is 0 Å². The van der Waals surface area contributed by atoms with Gasteiger partial charge in [0.2, 0.25) is 0 Å². The van der Waals surface area contributed by atoms with Gasteiger partial charge < -0.3 is 15.4 Å². The van der Waals surface area contributed by atoms with Gasteiger partial charge in [0, 0.05) is 12.8 Å².